The Bertz CT molecular complexity index is 988. The third kappa shape index (κ3) is 3.48. The molecule has 0 saturated heterocycles. The van der Waals surface area contributed by atoms with Crippen LogP contribution >= 0.6 is 22.6 Å². The molecular weight excluding hydrogens is 449 g/mol. The molecule has 0 saturated carbocycles. The fourth-order valence-corrected chi connectivity index (χ4v) is 3.38. The van der Waals surface area contributed by atoms with Crippen molar-refractivity contribution in [2.45, 2.75) is 4.43 Å². The predicted molar refractivity (Wildman–Crippen MR) is 104 cm³/mol. The Morgan fingerprint density at radius 1 is 1.15 bits per heavy atom. The van der Waals surface area contributed by atoms with Crippen molar-refractivity contribution >= 4 is 45.4 Å². The fraction of sp³-hybridized carbons (Fsp3) is 0.105. The summed E-state index contributed by atoms with van der Waals surface area (Å²) in [5, 5.41) is 9.99. The Balaban J connectivity index is 2.08. The molecule has 7 heteroatoms. The largest absolute Gasteiger partial charge is 0.493 e. The number of aromatic carboxylic acids is 1. The lowest BCUT2D eigenvalue weighted by atomic mass is 10.0. The number of carboxylic acid groups (broad SMARTS) is 1. The molecule has 0 spiro atoms. The van der Waals surface area contributed by atoms with Gasteiger partial charge in [-0.15, -0.1) is 0 Å². The lowest BCUT2D eigenvalue weighted by Crippen LogP contribution is -2.09. The molecule has 132 valence electrons. The van der Waals surface area contributed by atoms with E-state index in [-0.39, 0.29) is 11.3 Å². The Kier molecular flexibility index (Phi) is 5.36. The van der Waals surface area contributed by atoms with Crippen molar-refractivity contribution in [1.29, 1.82) is 0 Å². The Labute approximate surface area is 162 Å². The van der Waals surface area contributed by atoms with Crippen molar-refractivity contribution < 1.29 is 24.2 Å². The van der Waals surface area contributed by atoms with E-state index in [0.717, 1.165) is 0 Å². The zero-order valence-corrected chi connectivity index (χ0v) is 15.9. The third-order valence-electron chi connectivity index (χ3n) is 3.84. The van der Waals surface area contributed by atoms with Crippen LogP contribution in [0.3, 0.4) is 0 Å². The van der Waals surface area contributed by atoms with Crippen LogP contribution in [0.5, 0.6) is 11.5 Å². The summed E-state index contributed by atoms with van der Waals surface area (Å²) in [7, 11) is 1.46. The molecule has 3 aromatic rings. The maximum atomic E-state index is 12.3. The van der Waals surface area contributed by atoms with Gasteiger partial charge in [0.1, 0.15) is 0 Å². The van der Waals surface area contributed by atoms with Gasteiger partial charge >= 0.3 is 11.9 Å². The molecule has 0 unspecified atom stereocenters. The number of rotatable bonds is 5. The molecule has 0 fully saturated rings. The second-order valence-corrected chi connectivity index (χ2v) is 6.13. The van der Waals surface area contributed by atoms with Crippen LogP contribution in [0.15, 0.2) is 48.7 Å². The highest BCUT2D eigenvalue weighted by Crippen LogP contribution is 2.35. The molecular formula is C19H14INO5. The van der Waals surface area contributed by atoms with Gasteiger partial charge in [0.2, 0.25) is 0 Å². The lowest BCUT2D eigenvalue weighted by Gasteiger charge is -2.13. The number of halogens is 1. The minimum atomic E-state index is -1.04. The lowest BCUT2D eigenvalue weighted by molar-refractivity contribution is 0.0693. The van der Waals surface area contributed by atoms with E-state index in [4.69, 9.17) is 9.47 Å². The standard InChI is InChI=1S/C19H14INO5/c1-25-16-7-12-13(9-20)14(18(22)23)10-21-15(12)8-17(16)26-19(24)11-5-3-2-4-6-11/h2-8,10H,9H2,1H3,(H,22,23). The van der Waals surface area contributed by atoms with Crippen LogP contribution in [0.25, 0.3) is 10.9 Å². The summed E-state index contributed by atoms with van der Waals surface area (Å²) < 4.78 is 11.3. The highest BCUT2D eigenvalue weighted by atomic mass is 127. The summed E-state index contributed by atoms with van der Waals surface area (Å²) in [6, 6.07) is 11.8. The van der Waals surface area contributed by atoms with E-state index >= 15 is 0 Å². The van der Waals surface area contributed by atoms with Crippen LogP contribution in [0.4, 0.5) is 0 Å². The predicted octanol–water partition coefficient (Wildman–Crippen LogP) is 4.10. The smallest absolute Gasteiger partial charge is 0.343 e. The molecule has 6 nitrogen and oxygen atoms in total. The summed E-state index contributed by atoms with van der Waals surface area (Å²) in [5.41, 5.74) is 1.72. The Morgan fingerprint density at radius 2 is 1.88 bits per heavy atom. The summed E-state index contributed by atoms with van der Waals surface area (Å²) in [5.74, 6) is -0.995. The molecule has 0 atom stereocenters. The Morgan fingerprint density at radius 3 is 2.50 bits per heavy atom. The van der Waals surface area contributed by atoms with Crippen molar-refractivity contribution in [1.82, 2.24) is 4.98 Å². The van der Waals surface area contributed by atoms with Crippen LogP contribution in [-0.2, 0) is 4.43 Å². The molecule has 1 N–H and O–H groups in total. The van der Waals surface area contributed by atoms with E-state index in [1.165, 1.54) is 13.3 Å². The molecule has 0 aliphatic rings. The number of aromatic nitrogens is 1. The van der Waals surface area contributed by atoms with Crippen molar-refractivity contribution in [2.24, 2.45) is 0 Å². The highest BCUT2D eigenvalue weighted by Gasteiger charge is 2.18. The molecule has 3 rings (SSSR count). The normalized spacial score (nSPS) is 10.5. The van der Waals surface area contributed by atoms with E-state index < -0.39 is 11.9 Å². The minimum Gasteiger partial charge on any atom is -0.493 e. The number of pyridine rings is 1. The first-order valence-corrected chi connectivity index (χ1v) is 9.13. The van der Waals surface area contributed by atoms with Gasteiger partial charge in [-0.3, -0.25) is 4.98 Å². The fourth-order valence-electron chi connectivity index (χ4n) is 2.56. The summed E-state index contributed by atoms with van der Waals surface area (Å²) in [6.45, 7) is 0. The molecule has 0 bridgehead atoms. The maximum Gasteiger partial charge on any atom is 0.343 e. The number of carbonyl (C=O) groups is 2. The quantitative estimate of drug-likeness (QED) is 0.266. The maximum absolute atomic E-state index is 12.3. The number of esters is 1. The van der Waals surface area contributed by atoms with E-state index in [1.54, 1.807) is 36.4 Å². The number of benzene rings is 2. The third-order valence-corrected chi connectivity index (χ3v) is 4.60. The molecule has 26 heavy (non-hydrogen) atoms. The van der Waals surface area contributed by atoms with Gasteiger partial charge in [-0.2, -0.15) is 0 Å². The first kappa shape index (κ1) is 18.1. The zero-order valence-electron chi connectivity index (χ0n) is 13.7. The van der Waals surface area contributed by atoms with Gasteiger partial charge in [-0.25, -0.2) is 9.59 Å². The number of methoxy groups -OCH3 is 1. The topological polar surface area (TPSA) is 85.7 Å². The van der Waals surface area contributed by atoms with Gasteiger partial charge in [0.15, 0.2) is 11.5 Å². The van der Waals surface area contributed by atoms with Crippen LogP contribution in [0.2, 0.25) is 0 Å². The molecule has 0 aliphatic heterocycles. The SMILES string of the molecule is COc1cc2c(CI)c(C(=O)O)cnc2cc1OC(=O)c1ccccc1. The summed E-state index contributed by atoms with van der Waals surface area (Å²) in [4.78, 5) is 27.9. The van der Waals surface area contributed by atoms with Gasteiger partial charge in [0.05, 0.1) is 23.8 Å². The average Bonchev–Trinajstić information content (AvgIpc) is 2.66. The number of fused-ring (bicyclic) bond motifs is 1. The summed E-state index contributed by atoms with van der Waals surface area (Å²) >= 11 is 2.10. The van der Waals surface area contributed by atoms with E-state index in [9.17, 15) is 14.7 Å². The molecule has 0 aliphatic carbocycles. The number of ether oxygens (including phenoxy) is 2. The first-order chi connectivity index (χ1) is 12.5. The van der Waals surface area contributed by atoms with E-state index in [0.29, 0.717) is 32.2 Å². The number of carboxylic acids is 1. The van der Waals surface area contributed by atoms with Crippen LogP contribution in [0.1, 0.15) is 26.3 Å². The number of hydrogen-bond donors (Lipinski definition) is 1. The van der Waals surface area contributed by atoms with Crippen LogP contribution in [-0.4, -0.2) is 29.1 Å². The van der Waals surface area contributed by atoms with Crippen molar-refractivity contribution in [3.8, 4) is 11.5 Å². The van der Waals surface area contributed by atoms with Crippen molar-refractivity contribution in [2.75, 3.05) is 7.11 Å². The molecule has 0 amide bonds. The van der Waals surface area contributed by atoms with Gasteiger partial charge < -0.3 is 14.6 Å². The molecule has 2 aromatic carbocycles. The molecule has 1 heterocycles. The van der Waals surface area contributed by atoms with Gasteiger partial charge in [0.25, 0.3) is 0 Å². The Hall–Kier alpha value is -2.68. The van der Waals surface area contributed by atoms with Gasteiger partial charge in [-0.1, -0.05) is 40.8 Å². The summed E-state index contributed by atoms with van der Waals surface area (Å²) in [6.07, 6.45) is 1.31. The minimum absolute atomic E-state index is 0.142. The monoisotopic (exact) mass is 463 g/mol. The van der Waals surface area contributed by atoms with Crippen molar-refractivity contribution in [3.05, 3.63) is 65.4 Å². The van der Waals surface area contributed by atoms with Gasteiger partial charge in [0, 0.05) is 22.1 Å². The second-order valence-electron chi connectivity index (χ2n) is 5.36. The average molecular weight is 463 g/mol. The zero-order chi connectivity index (χ0) is 18.7. The van der Waals surface area contributed by atoms with Crippen LogP contribution in [0, 0.1) is 0 Å². The van der Waals surface area contributed by atoms with Crippen molar-refractivity contribution in [3.63, 3.8) is 0 Å². The van der Waals surface area contributed by atoms with Gasteiger partial charge in [-0.05, 0) is 23.8 Å². The van der Waals surface area contributed by atoms with E-state index in [2.05, 4.69) is 27.6 Å². The van der Waals surface area contributed by atoms with Crippen LogP contribution < -0.4 is 9.47 Å². The molecule has 0 radical (unpaired) electrons. The number of hydrogen-bond acceptors (Lipinski definition) is 5. The number of nitrogens with zero attached hydrogens (tertiary/aromatic N) is 1. The first-order valence-electron chi connectivity index (χ1n) is 7.61. The molecule has 1 aromatic heterocycles. The van der Waals surface area contributed by atoms with E-state index in [1.807, 2.05) is 6.07 Å². The second kappa shape index (κ2) is 7.69. The number of carbonyl (C=O) groups excluding carboxylic acids is 1. The highest BCUT2D eigenvalue weighted by molar-refractivity contribution is 14.1. The number of alkyl halides is 1.